The van der Waals surface area contributed by atoms with E-state index in [2.05, 4.69) is 5.32 Å². The van der Waals surface area contributed by atoms with Crippen molar-refractivity contribution in [2.45, 2.75) is 17.7 Å². The lowest BCUT2D eigenvalue weighted by atomic mass is 10.1. The maximum absolute atomic E-state index is 12.3. The molecule has 2 aromatic rings. The van der Waals surface area contributed by atoms with E-state index in [1.807, 2.05) is 12.1 Å². The topological polar surface area (TPSA) is 77.1 Å². The molecular weight excluding hydrogens is 392 g/mol. The van der Waals surface area contributed by atoms with Crippen LogP contribution in [0.5, 0.6) is 17.2 Å². The molecular formula is C21H26N2O5S. The van der Waals surface area contributed by atoms with Crippen molar-refractivity contribution in [3.05, 3.63) is 42.0 Å². The number of anilines is 1. The van der Waals surface area contributed by atoms with Crippen molar-refractivity contribution in [1.29, 1.82) is 0 Å². The molecule has 8 heteroatoms. The normalized spacial score (nSPS) is 10.2. The average Bonchev–Trinajstić information content (AvgIpc) is 2.72. The van der Waals surface area contributed by atoms with Crippen molar-refractivity contribution >= 4 is 28.6 Å². The van der Waals surface area contributed by atoms with Crippen LogP contribution < -0.4 is 19.5 Å². The number of thioether (sulfide) groups is 1. The number of amides is 2. The highest BCUT2D eigenvalue weighted by Crippen LogP contribution is 2.38. The fourth-order valence-corrected chi connectivity index (χ4v) is 3.22. The Morgan fingerprint density at radius 1 is 0.966 bits per heavy atom. The van der Waals surface area contributed by atoms with Crippen molar-refractivity contribution < 1.29 is 23.8 Å². The van der Waals surface area contributed by atoms with Crippen molar-refractivity contribution in [3.8, 4) is 17.2 Å². The van der Waals surface area contributed by atoms with Crippen LogP contribution in [0.2, 0.25) is 0 Å². The molecule has 2 rings (SSSR count). The lowest BCUT2D eigenvalue weighted by Crippen LogP contribution is -2.16. The number of ether oxygens (including phenoxy) is 3. The van der Waals surface area contributed by atoms with E-state index < -0.39 is 0 Å². The number of carbonyl (C=O) groups excluding carboxylic acids is 2. The van der Waals surface area contributed by atoms with E-state index in [4.69, 9.17) is 14.2 Å². The van der Waals surface area contributed by atoms with Crippen LogP contribution in [-0.2, 0) is 11.2 Å². The van der Waals surface area contributed by atoms with Crippen LogP contribution in [0.3, 0.4) is 0 Å². The van der Waals surface area contributed by atoms with Gasteiger partial charge in [-0.2, -0.15) is 0 Å². The highest BCUT2D eigenvalue weighted by molar-refractivity contribution is 8.13. The number of carbonyl (C=O) groups is 2. The highest BCUT2D eigenvalue weighted by atomic mass is 32.2. The van der Waals surface area contributed by atoms with Gasteiger partial charge in [-0.25, -0.2) is 0 Å². The smallest absolute Gasteiger partial charge is 0.285 e. The monoisotopic (exact) mass is 418 g/mol. The van der Waals surface area contributed by atoms with Gasteiger partial charge < -0.3 is 24.4 Å². The minimum Gasteiger partial charge on any atom is -0.493 e. The van der Waals surface area contributed by atoms with E-state index in [-0.39, 0.29) is 11.1 Å². The molecule has 156 valence electrons. The lowest BCUT2D eigenvalue weighted by molar-refractivity contribution is -0.116. The lowest BCUT2D eigenvalue weighted by Gasteiger charge is -2.14. The molecule has 0 fully saturated rings. The Kier molecular flexibility index (Phi) is 8.21. The van der Waals surface area contributed by atoms with Crippen LogP contribution in [0, 0.1) is 0 Å². The predicted molar refractivity (Wildman–Crippen MR) is 114 cm³/mol. The maximum atomic E-state index is 12.3. The molecule has 0 aliphatic carbocycles. The molecule has 2 aromatic carbocycles. The summed E-state index contributed by atoms with van der Waals surface area (Å²) in [6.45, 7) is 0. The molecule has 0 aliphatic heterocycles. The fourth-order valence-electron chi connectivity index (χ4n) is 2.56. The van der Waals surface area contributed by atoms with Gasteiger partial charge in [-0.05, 0) is 60.1 Å². The maximum Gasteiger partial charge on any atom is 0.285 e. The van der Waals surface area contributed by atoms with Gasteiger partial charge in [0.15, 0.2) is 11.5 Å². The van der Waals surface area contributed by atoms with Gasteiger partial charge >= 0.3 is 0 Å². The zero-order valence-corrected chi connectivity index (χ0v) is 18.1. The second kappa shape index (κ2) is 10.6. The Labute approximate surface area is 175 Å². The summed E-state index contributed by atoms with van der Waals surface area (Å²) in [4.78, 5) is 26.4. The van der Waals surface area contributed by atoms with Crippen molar-refractivity contribution in [1.82, 2.24) is 4.90 Å². The Hall–Kier alpha value is -2.87. The summed E-state index contributed by atoms with van der Waals surface area (Å²) in [7, 11) is 8.08. The van der Waals surface area contributed by atoms with Crippen LogP contribution in [0.15, 0.2) is 41.3 Å². The second-order valence-corrected chi connectivity index (χ2v) is 7.39. The van der Waals surface area contributed by atoms with E-state index in [9.17, 15) is 9.59 Å². The summed E-state index contributed by atoms with van der Waals surface area (Å²) in [5, 5.41) is 2.82. The number of methoxy groups -OCH3 is 3. The molecule has 0 saturated heterocycles. The molecule has 7 nitrogen and oxygen atoms in total. The summed E-state index contributed by atoms with van der Waals surface area (Å²) in [5.74, 6) is 1.53. The van der Waals surface area contributed by atoms with E-state index in [1.54, 1.807) is 59.7 Å². The van der Waals surface area contributed by atoms with E-state index in [1.165, 1.54) is 4.90 Å². The molecule has 29 heavy (non-hydrogen) atoms. The number of nitrogens with zero attached hydrogens (tertiary/aromatic N) is 1. The molecule has 0 unspecified atom stereocenters. The zero-order chi connectivity index (χ0) is 21.4. The van der Waals surface area contributed by atoms with Crippen LogP contribution in [0.1, 0.15) is 12.0 Å². The summed E-state index contributed by atoms with van der Waals surface area (Å²) >= 11 is 1.14. The fraction of sp³-hybridized carbons (Fsp3) is 0.333. The highest BCUT2D eigenvalue weighted by Gasteiger charge is 2.14. The Morgan fingerprint density at radius 2 is 1.55 bits per heavy atom. The van der Waals surface area contributed by atoms with Crippen molar-refractivity contribution in [3.63, 3.8) is 0 Å². The van der Waals surface area contributed by atoms with Gasteiger partial charge in [0.2, 0.25) is 11.7 Å². The third-order valence-corrected chi connectivity index (χ3v) is 5.12. The standard InChI is InChI=1S/C21H26N2O5S/c1-23(2)21(25)29-16-9-7-15(8-10-16)22-19(24)11-6-14-12-17(26-3)20(28-5)18(13-14)27-4/h7-10,12-13H,6,11H2,1-5H3,(H,22,24). The van der Waals surface area contributed by atoms with Crippen LogP contribution in [0.4, 0.5) is 10.5 Å². The minimum atomic E-state index is -0.108. The van der Waals surface area contributed by atoms with Gasteiger partial charge in [-0.3, -0.25) is 9.59 Å². The number of rotatable bonds is 8. The Morgan fingerprint density at radius 3 is 2.03 bits per heavy atom. The molecule has 1 N–H and O–H groups in total. The molecule has 0 spiro atoms. The third-order valence-electron chi connectivity index (χ3n) is 4.07. The summed E-state index contributed by atoms with van der Waals surface area (Å²) in [6.07, 6.45) is 0.822. The molecule has 0 saturated carbocycles. The first-order chi connectivity index (χ1) is 13.9. The zero-order valence-electron chi connectivity index (χ0n) is 17.3. The largest absolute Gasteiger partial charge is 0.493 e. The molecule has 0 aliphatic rings. The second-order valence-electron chi connectivity index (χ2n) is 6.37. The first kappa shape index (κ1) is 22.4. The Balaban J connectivity index is 1.95. The predicted octanol–water partition coefficient (Wildman–Crippen LogP) is 4.06. The van der Waals surface area contributed by atoms with Crippen LogP contribution in [0.25, 0.3) is 0 Å². The summed E-state index contributed by atoms with van der Waals surface area (Å²) in [5.41, 5.74) is 1.59. The quantitative estimate of drug-likeness (QED) is 0.652. The van der Waals surface area contributed by atoms with Crippen LogP contribution in [-0.4, -0.2) is 51.5 Å². The summed E-state index contributed by atoms with van der Waals surface area (Å²) < 4.78 is 16.0. The van der Waals surface area contributed by atoms with Gasteiger partial charge in [0.05, 0.1) is 21.3 Å². The number of nitrogens with one attached hydrogen (secondary N) is 1. The van der Waals surface area contributed by atoms with Gasteiger partial charge in [-0.1, -0.05) is 0 Å². The molecule has 0 atom stereocenters. The SMILES string of the molecule is COc1cc(CCC(=O)Nc2ccc(SC(=O)N(C)C)cc2)cc(OC)c1OC. The van der Waals surface area contributed by atoms with E-state index in [0.29, 0.717) is 35.8 Å². The molecule has 0 bridgehead atoms. The van der Waals surface area contributed by atoms with Gasteiger partial charge in [0.25, 0.3) is 5.24 Å². The number of hydrogen-bond donors (Lipinski definition) is 1. The molecule has 0 radical (unpaired) electrons. The van der Waals surface area contributed by atoms with Crippen LogP contribution >= 0.6 is 11.8 Å². The Bertz CT molecular complexity index is 828. The third kappa shape index (κ3) is 6.32. The number of benzene rings is 2. The molecule has 2 amide bonds. The molecule has 0 aromatic heterocycles. The first-order valence-corrected chi connectivity index (χ1v) is 9.77. The number of aryl methyl sites for hydroxylation is 1. The van der Waals surface area contributed by atoms with E-state index >= 15 is 0 Å². The van der Waals surface area contributed by atoms with Gasteiger partial charge in [0, 0.05) is 31.1 Å². The van der Waals surface area contributed by atoms with E-state index in [0.717, 1.165) is 22.2 Å². The first-order valence-electron chi connectivity index (χ1n) is 8.95. The average molecular weight is 419 g/mol. The minimum absolute atomic E-state index is 0.0490. The van der Waals surface area contributed by atoms with Gasteiger partial charge in [-0.15, -0.1) is 0 Å². The summed E-state index contributed by atoms with van der Waals surface area (Å²) in [6, 6.07) is 10.8. The van der Waals surface area contributed by atoms with Gasteiger partial charge in [0.1, 0.15) is 0 Å². The van der Waals surface area contributed by atoms with Crippen molar-refractivity contribution in [2.75, 3.05) is 40.7 Å². The van der Waals surface area contributed by atoms with Crippen molar-refractivity contribution in [2.24, 2.45) is 0 Å². The molecule has 0 heterocycles. The number of hydrogen-bond acceptors (Lipinski definition) is 6.